The van der Waals surface area contributed by atoms with Crippen LogP contribution in [0.25, 0.3) is 28.0 Å². The van der Waals surface area contributed by atoms with Gasteiger partial charge in [-0.15, -0.1) is 0 Å². The highest BCUT2D eigenvalue weighted by molar-refractivity contribution is 6.36. The molecule has 2 aliphatic rings. The van der Waals surface area contributed by atoms with Crippen molar-refractivity contribution in [3.63, 3.8) is 0 Å². The van der Waals surface area contributed by atoms with E-state index in [1.54, 1.807) is 22.7 Å². The van der Waals surface area contributed by atoms with E-state index < -0.39 is 0 Å². The van der Waals surface area contributed by atoms with Crippen molar-refractivity contribution in [3.05, 3.63) is 70.1 Å². The maximum atomic E-state index is 15.0. The summed E-state index contributed by atoms with van der Waals surface area (Å²) in [7, 11) is 0. The van der Waals surface area contributed by atoms with Gasteiger partial charge in [0.25, 0.3) is 0 Å². The zero-order valence-corrected chi connectivity index (χ0v) is 19.9. The van der Waals surface area contributed by atoms with E-state index in [4.69, 9.17) is 33.3 Å². The number of hydrogen-bond donors (Lipinski definition) is 1. The molecule has 1 saturated carbocycles. The maximum Gasteiger partial charge on any atom is 0.166 e. The van der Waals surface area contributed by atoms with E-state index in [-0.39, 0.29) is 18.5 Å². The van der Waals surface area contributed by atoms with Gasteiger partial charge in [0.1, 0.15) is 11.6 Å². The molecule has 0 radical (unpaired) electrons. The number of anilines is 1. The van der Waals surface area contributed by atoms with E-state index in [0.29, 0.717) is 38.7 Å². The van der Waals surface area contributed by atoms with Gasteiger partial charge in [0.05, 0.1) is 34.6 Å². The Balaban J connectivity index is 1.68. The van der Waals surface area contributed by atoms with Crippen LogP contribution >= 0.6 is 23.2 Å². The molecule has 1 saturated heterocycles. The lowest BCUT2D eigenvalue weighted by molar-refractivity contribution is 0.266. The lowest BCUT2D eigenvalue weighted by atomic mass is 10.0. The molecule has 174 valence electrons. The zero-order chi connectivity index (χ0) is 23.4. The van der Waals surface area contributed by atoms with Crippen molar-refractivity contribution in [3.8, 4) is 22.4 Å². The van der Waals surface area contributed by atoms with Crippen molar-refractivity contribution >= 4 is 34.7 Å². The first-order valence-electron chi connectivity index (χ1n) is 11.6. The number of halogens is 3. The first-order valence-corrected chi connectivity index (χ1v) is 12.3. The average molecular weight is 497 g/mol. The third kappa shape index (κ3) is 3.65. The van der Waals surface area contributed by atoms with E-state index in [2.05, 4.69) is 4.90 Å². The summed E-state index contributed by atoms with van der Waals surface area (Å²) >= 11 is 12.8. The summed E-state index contributed by atoms with van der Waals surface area (Å²) in [5.41, 5.74) is 4.31. The van der Waals surface area contributed by atoms with Gasteiger partial charge in [-0.3, -0.25) is 0 Å². The summed E-state index contributed by atoms with van der Waals surface area (Å²) in [6, 6.07) is 14.0. The van der Waals surface area contributed by atoms with E-state index in [0.717, 1.165) is 49.0 Å². The van der Waals surface area contributed by atoms with Crippen LogP contribution in [-0.2, 0) is 0 Å². The van der Waals surface area contributed by atoms with Crippen LogP contribution in [0.4, 0.5) is 10.2 Å². The summed E-state index contributed by atoms with van der Waals surface area (Å²) in [6.07, 6.45) is 3.95. The summed E-state index contributed by atoms with van der Waals surface area (Å²) in [5, 5.41) is 16.0. The molecular weight excluding hydrogens is 474 g/mol. The Morgan fingerprint density at radius 1 is 1.03 bits per heavy atom. The number of benzene rings is 2. The molecule has 1 unspecified atom stereocenters. The van der Waals surface area contributed by atoms with Crippen LogP contribution < -0.4 is 4.90 Å². The standard InChI is InChI=1S/C26H23Cl2FN4O/c27-16-9-10-18(20(28)12-16)24-25(15-7-8-15)31-33-22(19-5-1-2-6-21(19)29)13-23(30-26(24)33)32-11-3-4-17(32)14-34/h1-2,5-6,9-10,12-13,15,17,34H,3-4,7-8,11,14H2. The quantitative estimate of drug-likeness (QED) is 0.349. The monoisotopic (exact) mass is 496 g/mol. The summed E-state index contributed by atoms with van der Waals surface area (Å²) in [5.74, 6) is 0.698. The highest BCUT2D eigenvalue weighted by Crippen LogP contribution is 2.47. The molecule has 1 aliphatic carbocycles. The Bertz CT molecular complexity index is 1400. The lowest BCUT2D eigenvalue weighted by Crippen LogP contribution is -2.32. The fourth-order valence-electron chi connectivity index (χ4n) is 4.95. The van der Waals surface area contributed by atoms with Crippen LogP contribution in [0, 0.1) is 5.82 Å². The van der Waals surface area contributed by atoms with Gasteiger partial charge in [0.15, 0.2) is 5.65 Å². The van der Waals surface area contributed by atoms with Crippen LogP contribution in [0.1, 0.15) is 37.3 Å². The van der Waals surface area contributed by atoms with Crippen molar-refractivity contribution in [1.29, 1.82) is 0 Å². The number of fused-ring (bicyclic) bond motifs is 1. The molecule has 2 fully saturated rings. The molecule has 6 rings (SSSR count). The van der Waals surface area contributed by atoms with Gasteiger partial charge in [-0.1, -0.05) is 41.4 Å². The number of aromatic nitrogens is 3. The smallest absolute Gasteiger partial charge is 0.166 e. The topological polar surface area (TPSA) is 53.7 Å². The van der Waals surface area contributed by atoms with Gasteiger partial charge in [-0.05, 0) is 49.9 Å². The third-order valence-corrected chi connectivity index (χ3v) is 7.35. The third-order valence-electron chi connectivity index (χ3n) is 6.80. The highest BCUT2D eigenvalue weighted by Gasteiger charge is 2.34. The number of aliphatic hydroxyl groups excluding tert-OH is 1. The zero-order valence-electron chi connectivity index (χ0n) is 18.4. The van der Waals surface area contributed by atoms with E-state index >= 15 is 4.39 Å². The van der Waals surface area contributed by atoms with Crippen molar-refractivity contribution in [2.45, 2.75) is 37.6 Å². The van der Waals surface area contributed by atoms with E-state index in [1.807, 2.05) is 24.3 Å². The van der Waals surface area contributed by atoms with Crippen LogP contribution in [0.3, 0.4) is 0 Å². The van der Waals surface area contributed by atoms with Crippen LogP contribution in [0.2, 0.25) is 10.0 Å². The Morgan fingerprint density at radius 2 is 1.85 bits per heavy atom. The number of aliphatic hydroxyl groups is 1. The first-order chi connectivity index (χ1) is 16.5. The van der Waals surface area contributed by atoms with Crippen molar-refractivity contribution in [1.82, 2.24) is 14.6 Å². The minimum Gasteiger partial charge on any atom is -0.394 e. The highest BCUT2D eigenvalue weighted by atomic mass is 35.5. The van der Waals surface area contributed by atoms with E-state index in [1.165, 1.54) is 6.07 Å². The fourth-order valence-corrected chi connectivity index (χ4v) is 5.45. The largest absolute Gasteiger partial charge is 0.394 e. The van der Waals surface area contributed by atoms with Gasteiger partial charge < -0.3 is 10.0 Å². The van der Waals surface area contributed by atoms with Crippen LogP contribution in [-0.4, -0.2) is 38.9 Å². The van der Waals surface area contributed by atoms with Gasteiger partial charge in [0.2, 0.25) is 0 Å². The Labute approximate surface area is 206 Å². The molecule has 2 aromatic carbocycles. The van der Waals surface area contributed by atoms with Crippen molar-refractivity contribution in [2.75, 3.05) is 18.1 Å². The Hall–Kier alpha value is -2.67. The first kappa shape index (κ1) is 21.8. The van der Waals surface area contributed by atoms with Crippen LogP contribution in [0.15, 0.2) is 48.5 Å². The molecule has 3 heterocycles. The SMILES string of the molecule is OCC1CCCN1c1cc(-c2ccccc2F)n2nc(C3CC3)c(-c3ccc(Cl)cc3Cl)c2n1. The Kier molecular flexibility index (Phi) is 5.47. The normalized spacial score (nSPS) is 18.2. The second-order valence-electron chi connectivity index (χ2n) is 9.05. The van der Waals surface area contributed by atoms with Gasteiger partial charge >= 0.3 is 0 Å². The van der Waals surface area contributed by atoms with Gasteiger partial charge in [-0.2, -0.15) is 5.10 Å². The summed E-state index contributed by atoms with van der Waals surface area (Å²) in [4.78, 5) is 7.16. The second kappa shape index (κ2) is 8.52. The maximum absolute atomic E-state index is 15.0. The molecule has 0 bridgehead atoms. The molecule has 4 aromatic rings. The molecule has 0 spiro atoms. The molecule has 2 aromatic heterocycles. The summed E-state index contributed by atoms with van der Waals surface area (Å²) < 4.78 is 16.8. The fraction of sp³-hybridized carbons (Fsp3) is 0.308. The molecule has 8 heteroatoms. The Morgan fingerprint density at radius 3 is 2.59 bits per heavy atom. The number of rotatable bonds is 5. The molecule has 1 aliphatic heterocycles. The molecular formula is C26H23Cl2FN4O. The average Bonchev–Trinajstić information content (AvgIpc) is 3.44. The second-order valence-corrected chi connectivity index (χ2v) is 9.89. The minimum absolute atomic E-state index is 0.0168. The van der Waals surface area contributed by atoms with E-state index in [9.17, 15) is 5.11 Å². The molecule has 34 heavy (non-hydrogen) atoms. The lowest BCUT2D eigenvalue weighted by Gasteiger charge is -2.25. The van der Waals surface area contributed by atoms with Crippen LogP contribution in [0.5, 0.6) is 0 Å². The van der Waals surface area contributed by atoms with Crippen molar-refractivity contribution in [2.24, 2.45) is 0 Å². The number of hydrogen-bond acceptors (Lipinski definition) is 4. The predicted molar refractivity (Wildman–Crippen MR) is 133 cm³/mol. The summed E-state index contributed by atoms with van der Waals surface area (Å²) in [6.45, 7) is 0.829. The molecule has 5 nitrogen and oxygen atoms in total. The molecule has 1 N–H and O–H groups in total. The van der Waals surface area contributed by atoms with Gasteiger partial charge in [0, 0.05) is 34.7 Å². The minimum atomic E-state index is -0.323. The van der Waals surface area contributed by atoms with Gasteiger partial charge in [-0.25, -0.2) is 13.9 Å². The van der Waals surface area contributed by atoms with Crippen molar-refractivity contribution < 1.29 is 9.50 Å². The number of nitrogens with zero attached hydrogens (tertiary/aromatic N) is 4. The molecule has 0 amide bonds. The predicted octanol–water partition coefficient (Wildman–Crippen LogP) is 6.35. The molecule has 1 atom stereocenters.